The maximum absolute atomic E-state index is 11.9. The molecule has 8 heteroatoms. The molecule has 0 aliphatic heterocycles. The molecule has 128 valence electrons. The molecule has 1 atom stereocenters. The summed E-state index contributed by atoms with van der Waals surface area (Å²) in [5.41, 5.74) is 0.932. The van der Waals surface area contributed by atoms with Crippen LogP contribution < -0.4 is 10.6 Å². The molecule has 1 heterocycles. The largest absolute Gasteiger partial charge is 0.445 e. The highest BCUT2D eigenvalue weighted by Crippen LogP contribution is 2.19. The summed E-state index contributed by atoms with van der Waals surface area (Å²) in [5.74, 6) is 0.426. The molecule has 0 saturated carbocycles. The summed E-state index contributed by atoms with van der Waals surface area (Å²) in [6, 6.07) is 9.35. The van der Waals surface area contributed by atoms with Gasteiger partial charge in [-0.2, -0.15) is 4.98 Å². The molecular weight excluding hydrogens is 351 g/mol. The predicted molar refractivity (Wildman–Crippen MR) is 94.4 cm³/mol. The third-order valence-electron chi connectivity index (χ3n) is 3.26. The second-order valence-corrected chi connectivity index (χ2v) is 5.77. The van der Waals surface area contributed by atoms with Gasteiger partial charge in [-0.25, -0.2) is 9.78 Å². The number of carbonyl (C=O) groups excluding carboxylic acids is 1. The first kappa shape index (κ1) is 18.3. The van der Waals surface area contributed by atoms with Crippen LogP contribution in [0.15, 0.2) is 36.5 Å². The van der Waals surface area contributed by atoms with E-state index in [1.807, 2.05) is 37.3 Å². The molecule has 1 unspecified atom stereocenters. The lowest BCUT2D eigenvalue weighted by atomic mass is 10.2. The van der Waals surface area contributed by atoms with Gasteiger partial charge in [0, 0.05) is 12.6 Å². The fourth-order valence-corrected chi connectivity index (χ4v) is 2.21. The number of anilines is 1. The minimum absolute atomic E-state index is 0.102. The van der Waals surface area contributed by atoms with Crippen LogP contribution in [0.1, 0.15) is 18.9 Å². The summed E-state index contributed by atoms with van der Waals surface area (Å²) in [6.07, 6.45) is 1.66. The Morgan fingerprint density at radius 3 is 2.75 bits per heavy atom. The van der Waals surface area contributed by atoms with Crippen molar-refractivity contribution in [1.29, 1.82) is 0 Å². The number of nitrogens with zero attached hydrogens (tertiary/aromatic N) is 2. The maximum Gasteiger partial charge on any atom is 0.407 e. The SMILES string of the molecule is CCC(CNc1nc(Cl)ncc1Cl)NC(=O)OCc1ccccc1. The van der Waals surface area contributed by atoms with Crippen LogP contribution in [0.4, 0.5) is 10.6 Å². The highest BCUT2D eigenvalue weighted by atomic mass is 35.5. The average Bonchev–Trinajstić information content (AvgIpc) is 2.60. The van der Waals surface area contributed by atoms with E-state index in [1.54, 1.807) is 0 Å². The first-order valence-electron chi connectivity index (χ1n) is 7.47. The van der Waals surface area contributed by atoms with Crippen molar-refractivity contribution in [1.82, 2.24) is 15.3 Å². The minimum Gasteiger partial charge on any atom is -0.445 e. The molecule has 0 radical (unpaired) electrons. The standard InChI is InChI=1S/C16H18Cl2N4O2/c1-2-12(8-19-14-13(17)9-20-15(18)22-14)21-16(23)24-10-11-6-4-3-5-7-11/h3-7,9,12H,2,8,10H2,1H3,(H,21,23)(H,19,20,22). The summed E-state index contributed by atoms with van der Waals surface area (Å²) in [4.78, 5) is 19.7. The molecule has 24 heavy (non-hydrogen) atoms. The fourth-order valence-electron chi connectivity index (χ4n) is 1.92. The number of hydrogen-bond acceptors (Lipinski definition) is 5. The number of ether oxygens (including phenoxy) is 1. The second kappa shape index (κ2) is 9.30. The molecule has 0 aliphatic carbocycles. The Labute approximate surface area is 150 Å². The van der Waals surface area contributed by atoms with Crippen LogP contribution in [-0.4, -0.2) is 28.6 Å². The van der Waals surface area contributed by atoms with Gasteiger partial charge >= 0.3 is 6.09 Å². The van der Waals surface area contributed by atoms with E-state index in [1.165, 1.54) is 6.20 Å². The van der Waals surface area contributed by atoms with Gasteiger partial charge in [0.25, 0.3) is 0 Å². The Morgan fingerprint density at radius 1 is 1.29 bits per heavy atom. The van der Waals surface area contributed by atoms with E-state index in [0.717, 1.165) is 5.56 Å². The van der Waals surface area contributed by atoms with E-state index in [9.17, 15) is 4.79 Å². The number of halogens is 2. The van der Waals surface area contributed by atoms with Crippen LogP contribution in [-0.2, 0) is 11.3 Å². The Morgan fingerprint density at radius 2 is 2.04 bits per heavy atom. The molecule has 1 aromatic carbocycles. The summed E-state index contributed by atoms with van der Waals surface area (Å²) >= 11 is 11.7. The normalized spacial score (nSPS) is 11.6. The number of benzene rings is 1. The number of carbonyl (C=O) groups is 1. The van der Waals surface area contributed by atoms with Gasteiger partial charge in [-0.15, -0.1) is 0 Å². The Bertz CT molecular complexity index is 670. The van der Waals surface area contributed by atoms with Crippen molar-refractivity contribution in [3.05, 3.63) is 52.4 Å². The first-order chi connectivity index (χ1) is 11.6. The lowest BCUT2D eigenvalue weighted by Gasteiger charge is -2.18. The lowest BCUT2D eigenvalue weighted by Crippen LogP contribution is -2.39. The highest BCUT2D eigenvalue weighted by molar-refractivity contribution is 6.33. The summed E-state index contributed by atoms with van der Waals surface area (Å²) in [6.45, 7) is 2.62. The van der Waals surface area contributed by atoms with Crippen LogP contribution in [0.25, 0.3) is 0 Å². The molecule has 2 N–H and O–H groups in total. The fraction of sp³-hybridized carbons (Fsp3) is 0.312. The summed E-state index contributed by atoms with van der Waals surface area (Å²) in [5, 5.41) is 6.31. The van der Waals surface area contributed by atoms with E-state index in [2.05, 4.69) is 20.6 Å². The van der Waals surface area contributed by atoms with Gasteiger partial charge in [0.05, 0.1) is 6.20 Å². The predicted octanol–water partition coefficient (Wildman–Crippen LogP) is 3.90. The monoisotopic (exact) mass is 368 g/mol. The third-order valence-corrected chi connectivity index (χ3v) is 3.72. The van der Waals surface area contributed by atoms with Gasteiger partial charge in [-0.1, -0.05) is 48.9 Å². The molecule has 0 bridgehead atoms. The zero-order chi connectivity index (χ0) is 17.4. The Hall–Kier alpha value is -2.05. The van der Waals surface area contributed by atoms with Gasteiger partial charge in [0.1, 0.15) is 17.4 Å². The zero-order valence-corrected chi connectivity index (χ0v) is 14.6. The zero-order valence-electron chi connectivity index (χ0n) is 13.1. The van der Waals surface area contributed by atoms with E-state index in [4.69, 9.17) is 27.9 Å². The molecule has 0 aliphatic rings. The average molecular weight is 369 g/mol. The quantitative estimate of drug-likeness (QED) is 0.724. The van der Waals surface area contributed by atoms with Crippen molar-refractivity contribution in [2.24, 2.45) is 0 Å². The Kier molecular flexibility index (Phi) is 7.08. The minimum atomic E-state index is -0.473. The van der Waals surface area contributed by atoms with Crippen molar-refractivity contribution in [3.8, 4) is 0 Å². The summed E-state index contributed by atoms with van der Waals surface area (Å²) in [7, 11) is 0. The number of alkyl carbamates (subject to hydrolysis) is 1. The number of hydrogen-bond donors (Lipinski definition) is 2. The molecule has 6 nitrogen and oxygen atoms in total. The van der Waals surface area contributed by atoms with Gasteiger partial charge in [0.15, 0.2) is 0 Å². The number of aromatic nitrogens is 2. The maximum atomic E-state index is 11.9. The number of amides is 1. The van der Waals surface area contributed by atoms with E-state index < -0.39 is 6.09 Å². The highest BCUT2D eigenvalue weighted by Gasteiger charge is 2.13. The van der Waals surface area contributed by atoms with Gasteiger partial charge in [0.2, 0.25) is 5.28 Å². The molecular formula is C16H18Cl2N4O2. The molecule has 0 fully saturated rings. The van der Waals surface area contributed by atoms with Crippen LogP contribution in [0.5, 0.6) is 0 Å². The second-order valence-electron chi connectivity index (χ2n) is 5.03. The van der Waals surface area contributed by atoms with Crippen molar-refractivity contribution < 1.29 is 9.53 Å². The van der Waals surface area contributed by atoms with Gasteiger partial charge in [-0.05, 0) is 23.6 Å². The molecule has 0 spiro atoms. The number of nitrogens with one attached hydrogen (secondary N) is 2. The molecule has 0 saturated heterocycles. The molecule has 2 rings (SSSR count). The van der Waals surface area contributed by atoms with E-state index >= 15 is 0 Å². The van der Waals surface area contributed by atoms with E-state index in [-0.39, 0.29) is 17.9 Å². The van der Waals surface area contributed by atoms with Gasteiger partial charge in [-0.3, -0.25) is 0 Å². The lowest BCUT2D eigenvalue weighted by molar-refractivity contribution is 0.136. The molecule has 1 amide bonds. The van der Waals surface area contributed by atoms with Crippen molar-refractivity contribution >= 4 is 35.1 Å². The van der Waals surface area contributed by atoms with Crippen molar-refractivity contribution in [2.75, 3.05) is 11.9 Å². The van der Waals surface area contributed by atoms with Crippen molar-refractivity contribution in [2.45, 2.75) is 26.0 Å². The van der Waals surface area contributed by atoms with Crippen LogP contribution in [0.3, 0.4) is 0 Å². The number of rotatable bonds is 7. The van der Waals surface area contributed by atoms with E-state index in [0.29, 0.717) is 23.8 Å². The first-order valence-corrected chi connectivity index (χ1v) is 8.23. The van der Waals surface area contributed by atoms with Crippen LogP contribution >= 0.6 is 23.2 Å². The molecule has 1 aromatic heterocycles. The van der Waals surface area contributed by atoms with Crippen LogP contribution in [0, 0.1) is 0 Å². The smallest absolute Gasteiger partial charge is 0.407 e. The Balaban J connectivity index is 1.80. The topological polar surface area (TPSA) is 76.1 Å². The summed E-state index contributed by atoms with van der Waals surface area (Å²) < 4.78 is 5.20. The van der Waals surface area contributed by atoms with Crippen LogP contribution in [0.2, 0.25) is 10.3 Å². The third kappa shape index (κ3) is 5.86. The molecule has 2 aromatic rings. The van der Waals surface area contributed by atoms with Gasteiger partial charge < -0.3 is 15.4 Å². The van der Waals surface area contributed by atoms with Crippen molar-refractivity contribution in [3.63, 3.8) is 0 Å².